The standard InChI is InChI=1S/C20H18N6O4S/c1-23-18-17(19(28)24(2)20(23)29)25(11-21-18)10-16(27)26-13(15-6-4-8-31-15)9-12(22-26)14-5-3-7-30-14/h3-8,11,13H,9-10H2,1-2H3/t13-/m1/s1. The quantitative estimate of drug-likeness (QED) is 0.479. The minimum atomic E-state index is -0.501. The van der Waals surface area contributed by atoms with Crippen LogP contribution in [0.1, 0.15) is 23.1 Å². The summed E-state index contributed by atoms with van der Waals surface area (Å²) in [5.74, 6) is 0.323. The molecule has 5 heterocycles. The van der Waals surface area contributed by atoms with Crippen LogP contribution in [-0.4, -0.2) is 35.3 Å². The van der Waals surface area contributed by atoms with Gasteiger partial charge in [0.1, 0.15) is 18.0 Å². The molecule has 0 aliphatic carbocycles. The maximum absolute atomic E-state index is 13.3. The fourth-order valence-corrected chi connectivity index (χ4v) is 4.58. The molecular weight excluding hydrogens is 420 g/mol. The van der Waals surface area contributed by atoms with Gasteiger partial charge >= 0.3 is 5.69 Å². The number of carbonyl (C=O) groups excluding carboxylic acids is 1. The molecule has 0 N–H and O–H groups in total. The molecule has 11 heteroatoms. The second-order valence-corrected chi connectivity index (χ2v) is 8.23. The molecule has 0 fully saturated rings. The van der Waals surface area contributed by atoms with E-state index in [1.165, 1.54) is 34.6 Å². The zero-order chi connectivity index (χ0) is 21.7. The van der Waals surface area contributed by atoms with E-state index in [4.69, 9.17) is 4.42 Å². The van der Waals surface area contributed by atoms with Gasteiger partial charge in [0.05, 0.1) is 18.6 Å². The van der Waals surface area contributed by atoms with Crippen molar-refractivity contribution in [2.45, 2.75) is 19.0 Å². The van der Waals surface area contributed by atoms with Crippen LogP contribution in [0, 0.1) is 0 Å². The van der Waals surface area contributed by atoms with Gasteiger partial charge in [0.25, 0.3) is 11.5 Å². The molecule has 0 spiro atoms. The van der Waals surface area contributed by atoms with Crippen molar-refractivity contribution in [3.05, 3.63) is 73.7 Å². The molecule has 0 bridgehead atoms. The number of aromatic nitrogens is 4. The summed E-state index contributed by atoms with van der Waals surface area (Å²) in [4.78, 5) is 43.3. The molecule has 1 amide bonds. The number of hydrogen-bond donors (Lipinski definition) is 0. The largest absolute Gasteiger partial charge is 0.463 e. The smallest absolute Gasteiger partial charge is 0.332 e. The number of rotatable bonds is 4. The third-order valence-corrected chi connectivity index (χ3v) is 6.34. The Morgan fingerprint density at radius 1 is 1.23 bits per heavy atom. The number of hydrazone groups is 1. The van der Waals surface area contributed by atoms with Crippen molar-refractivity contribution < 1.29 is 9.21 Å². The summed E-state index contributed by atoms with van der Waals surface area (Å²) in [5.41, 5.74) is 0.140. The summed E-state index contributed by atoms with van der Waals surface area (Å²) in [6.45, 7) is -0.138. The van der Waals surface area contributed by atoms with Crippen LogP contribution in [0.25, 0.3) is 11.2 Å². The Morgan fingerprint density at radius 2 is 2.06 bits per heavy atom. The number of nitrogens with zero attached hydrogens (tertiary/aromatic N) is 6. The van der Waals surface area contributed by atoms with E-state index >= 15 is 0 Å². The van der Waals surface area contributed by atoms with Crippen molar-refractivity contribution in [2.24, 2.45) is 19.2 Å². The van der Waals surface area contributed by atoms with Gasteiger partial charge in [-0.2, -0.15) is 5.10 Å². The Bertz CT molecular complexity index is 1420. The van der Waals surface area contributed by atoms with Crippen molar-refractivity contribution >= 4 is 34.1 Å². The third-order valence-electron chi connectivity index (χ3n) is 5.37. The number of amides is 1. The third kappa shape index (κ3) is 3.05. The zero-order valence-electron chi connectivity index (χ0n) is 16.8. The van der Waals surface area contributed by atoms with Crippen LogP contribution in [0.3, 0.4) is 0 Å². The average molecular weight is 438 g/mol. The molecule has 5 rings (SSSR count). The van der Waals surface area contributed by atoms with Crippen molar-refractivity contribution in [3.8, 4) is 0 Å². The lowest BCUT2D eigenvalue weighted by molar-refractivity contribution is -0.133. The van der Waals surface area contributed by atoms with Crippen molar-refractivity contribution in [3.63, 3.8) is 0 Å². The molecule has 1 aliphatic heterocycles. The van der Waals surface area contributed by atoms with E-state index in [0.29, 0.717) is 17.9 Å². The molecular formula is C20H18N6O4S. The van der Waals surface area contributed by atoms with Gasteiger partial charge in [0.15, 0.2) is 11.2 Å². The van der Waals surface area contributed by atoms with Gasteiger partial charge in [-0.3, -0.25) is 18.7 Å². The topological polar surface area (TPSA) is 108 Å². The fraction of sp³-hybridized carbons (Fsp3) is 0.250. The van der Waals surface area contributed by atoms with Crippen LogP contribution in [0.4, 0.5) is 0 Å². The van der Waals surface area contributed by atoms with Crippen molar-refractivity contribution in [1.29, 1.82) is 0 Å². The van der Waals surface area contributed by atoms with E-state index in [9.17, 15) is 14.4 Å². The van der Waals surface area contributed by atoms with E-state index in [-0.39, 0.29) is 29.7 Å². The van der Waals surface area contributed by atoms with Crippen LogP contribution in [0.5, 0.6) is 0 Å². The summed E-state index contributed by atoms with van der Waals surface area (Å²) in [5, 5.41) is 7.94. The molecule has 0 saturated heterocycles. The molecule has 4 aromatic heterocycles. The SMILES string of the molecule is Cn1c(=O)c2c(ncn2CC(=O)N2N=C(c3ccco3)C[C@@H]2c2cccs2)n(C)c1=O. The zero-order valence-corrected chi connectivity index (χ0v) is 17.6. The number of aryl methyl sites for hydroxylation is 1. The van der Waals surface area contributed by atoms with Gasteiger partial charge in [-0.25, -0.2) is 14.8 Å². The van der Waals surface area contributed by atoms with E-state index in [1.807, 2.05) is 23.6 Å². The van der Waals surface area contributed by atoms with E-state index in [2.05, 4.69) is 10.1 Å². The summed E-state index contributed by atoms with van der Waals surface area (Å²) in [6, 6.07) is 7.23. The predicted octanol–water partition coefficient (Wildman–Crippen LogP) is 1.47. The second-order valence-electron chi connectivity index (χ2n) is 7.25. The maximum Gasteiger partial charge on any atom is 0.332 e. The Morgan fingerprint density at radius 3 is 2.77 bits per heavy atom. The highest BCUT2D eigenvalue weighted by Crippen LogP contribution is 2.35. The summed E-state index contributed by atoms with van der Waals surface area (Å²) < 4.78 is 9.22. The Labute approximate surface area is 179 Å². The average Bonchev–Trinajstić information content (AvgIpc) is 3.54. The highest BCUT2D eigenvalue weighted by Gasteiger charge is 2.35. The van der Waals surface area contributed by atoms with Crippen LogP contribution >= 0.6 is 11.3 Å². The number of carbonyl (C=O) groups is 1. The minimum Gasteiger partial charge on any atom is -0.463 e. The van der Waals surface area contributed by atoms with E-state index in [1.54, 1.807) is 23.7 Å². The lowest BCUT2D eigenvalue weighted by Gasteiger charge is -2.21. The highest BCUT2D eigenvalue weighted by molar-refractivity contribution is 7.10. The molecule has 0 aromatic carbocycles. The van der Waals surface area contributed by atoms with Crippen LogP contribution in [-0.2, 0) is 25.4 Å². The van der Waals surface area contributed by atoms with E-state index in [0.717, 1.165) is 9.44 Å². The van der Waals surface area contributed by atoms with Gasteiger partial charge in [-0.15, -0.1) is 11.3 Å². The monoisotopic (exact) mass is 438 g/mol. The first-order valence-electron chi connectivity index (χ1n) is 9.53. The first-order valence-corrected chi connectivity index (χ1v) is 10.4. The molecule has 158 valence electrons. The fourth-order valence-electron chi connectivity index (χ4n) is 3.77. The van der Waals surface area contributed by atoms with Crippen LogP contribution in [0.2, 0.25) is 0 Å². The molecule has 0 saturated carbocycles. The van der Waals surface area contributed by atoms with Crippen LogP contribution < -0.4 is 11.2 Å². The first kappa shape index (κ1) is 19.2. The van der Waals surface area contributed by atoms with Crippen LogP contribution in [0.15, 0.2) is 61.3 Å². The maximum atomic E-state index is 13.3. The Kier molecular flexibility index (Phi) is 4.47. The molecule has 0 unspecified atom stereocenters. The van der Waals surface area contributed by atoms with Gasteiger partial charge < -0.3 is 8.98 Å². The number of hydrogen-bond acceptors (Lipinski definition) is 7. The first-order chi connectivity index (χ1) is 15.0. The predicted molar refractivity (Wildman–Crippen MR) is 114 cm³/mol. The van der Waals surface area contributed by atoms with Gasteiger partial charge in [-0.05, 0) is 23.6 Å². The van der Waals surface area contributed by atoms with Gasteiger partial charge in [0.2, 0.25) is 0 Å². The lowest BCUT2D eigenvalue weighted by atomic mass is 10.1. The number of imidazole rings is 1. The second kappa shape index (κ2) is 7.20. The number of fused-ring (bicyclic) bond motifs is 1. The normalized spacial score (nSPS) is 16.3. The van der Waals surface area contributed by atoms with Gasteiger partial charge in [-0.1, -0.05) is 6.07 Å². The molecule has 31 heavy (non-hydrogen) atoms. The molecule has 0 radical (unpaired) electrons. The molecule has 1 aliphatic rings. The lowest BCUT2D eigenvalue weighted by Crippen LogP contribution is -2.38. The summed E-state index contributed by atoms with van der Waals surface area (Å²) in [7, 11) is 2.94. The van der Waals surface area contributed by atoms with Gasteiger partial charge in [0, 0.05) is 25.4 Å². The number of furan rings is 1. The van der Waals surface area contributed by atoms with Crippen molar-refractivity contribution in [1.82, 2.24) is 23.7 Å². The Hall–Kier alpha value is -3.73. The van der Waals surface area contributed by atoms with Crippen molar-refractivity contribution in [2.75, 3.05) is 0 Å². The number of thiophene rings is 1. The summed E-state index contributed by atoms with van der Waals surface area (Å²) >= 11 is 1.55. The molecule has 4 aromatic rings. The summed E-state index contributed by atoms with van der Waals surface area (Å²) in [6.07, 6.45) is 3.50. The molecule has 10 nitrogen and oxygen atoms in total. The van der Waals surface area contributed by atoms with E-state index < -0.39 is 11.2 Å². The highest BCUT2D eigenvalue weighted by atomic mass is 32.1. The molecule has 1 atom stereocenters. The minimum absolute atomic E-state index is 0.138. The Balaban J connectivity index is 1.53.